The minimum absolute atomic E-state index is 0.104. The van der Waals surface area contributed by atoms with Gasteiger partial charge in [0.1, 0.15) is 17.4 Å². The molecular formula is C24H23FN6O2. The lowest BCUT2D eigenvalue weighted by molar-refractivity contribution is -0.129. The fourth-order valence-corrected chi connectivity index (χ4v) is 4.96. The molecule has 3 N–H and O–H groups in total. The molecule has 33 heavy (non-hydrogen) atoms. The van der Waals surface area contributed by atoms with Crippen LogP contribution in [0.5, 0.6) is 0 Å². The van der Waals surface area contributed by atoms with Crippen LogP contribution in [0.25, 0.3) is 27.7 Å². The smallest absolute Gasteiger partial charge is 0.316 e. The van der Waals surface area contributed by atoms with E-state index in [1.807, 2.05) is 18.2 Å². The standard InChI is InChI=1S/C24H23FN6O2/c25-18-10-16(15-3-5-19-17(9-15)12-27-28-19)4-6-20(18)31-21(29-30-23(31)33)11-24(7-8-26-13-24)22(32)14-1-2-14/h3-6,9-10,12,14,26H,1-2,7-8,11,13H2,(H,27,28)(H,30,33)/t24-/m0/s1. The van der Waals surface area contributed by atoms with Crippen LogP contribution in [0.15, 0.2) is 47.4 Å². The predicted molar refractivity (Wildman–Crippen MR) is 121 cm³/mol. The van der Waals surface area contributed by atoms with Crippen LogP contribution in [-0.4, -0.2) is 43.8 Å². The lowest BCUT2D eigenvalue weighted by atomic mass is 9.77. The molecule has 1 aliphatic carbocycles. The van der Waals surface area contributed by atoms with E-state index in [2.05, 4.69) is 25.7 Å². The Labute approximate surface area is 188 Å². The molecule has 168 valence electrons. The van der Waals surface area contributed by atoms with E-state index in [1.54, 1.807) is 18.3 Å². The number of aromatic amines is 2. The number of nitrogens with one attached hydrogen (secondary N) is 3. The molecule has 2 aromatic carbocycles. The van der Waals surface area contributed by atoms with Crippen molar-refractivity contribution >= 4 is 16.7 Å². The second-order valence-electron chi connectivity index (χ2n) is 9.14. The highest BCUT2D eigenvalue weighted by atomic mass is 19.1. The summed E-state index contributed by atoms with van der Waals surface area (Å²) in [4.78, 5) is 25.7. The summed E-state index contributed by atoms with van der Waals surface area (Å²) in [5, 5.41) is 17.8. The molecule has 2 aliphatic rings. The fourth-order valence-electron chi connectivity index (χ4n) is 4.96. The van der Waals surface area contributed by atoms with Crippen LogP contribution in [0.3, 0.4) is 0 Å². The third-order valence-corrected chi connectivity index (χ3v) is 6.91. The molecule has 3 heterocycles. The average molecular weight is 446 g/mol. The SMILES string of the molecule is O=C(C1CC1)[C@]1(Cc2n[nH]c(=O)n2-c2ccc(-c3ccc4[nH]ncc4c3)cc2F)CCNC1. The van der Waals surface area contributed by atoms with Crippen molar-refractivity contribution in [3.8, 4) is 16.8 Å². The van der Waals surface area contributed by atoms with Gasteiger partial charge in [0.25, 0.3) is 0 Å². The molecule has 1 aliphatic heterocycles. The Morgan fingerprint density at radius 2 is 1.97 bits per heavy atom. The van der Waals surface area contributed by atoms with Crippen molar-refractivity contribution in [1.29, 1.82) is 0 Å². The Kier molecular flexibility index (Phi) is 4.55. The van der Waals surface area contributed by atoms with Crippen molar-refractivity contribution in [2.45, 2.75) is 25.7 Å². The number of hydrogen-bond acceptors (Lipinski definition) is 5. The molecular weight excluding hydrogens is 423 g/mol. The lowest BCUT2D eigenvalue weighted by Gasteiger charge is -2.26. The van der Waals surface area contributed by atoms with Crippen LogP contribution in [0.2, 0.25) is 0 Å². The third kappa shape index (κ3) is 3.39. The summed E-state index contributed by atoms with van der Waals surface area (Å²) >= 11 is 0. The summed E-state index contributed by atoms with van der Waals surface area (Å²) in [6.45, 7) is 1.30. The maximum absolute atomic E-state index is 15.3. The summed E-state index contributed by atoms with van der Waals surface area (Å²) in [7, 11) is 0. The van der Waals surface area contributed by atoms with Crippen molar-refractivity contribution in [3.63, 3.8) is 0 Å². The topological polar surface area (TPSA) is 108 Å². The number of carbonyl (C=O) groups is 1. The quantitative estimate of drug-likeness (QED) is 0.422. The molecule has 2 aromatic heterocycles. The van der Waals surface area contributed by atoms with Crippen molar-refractivity contribution in [1.82, 2.24) is 30.3 Å². The molecule has 1 atom stereocenters. The first-order chi connectivity index (χ1) is 16.0. The number of aromatic nitrogens is 5. The first-order valence-electron chi connectivity index (χ1n) is 11.2. The average Bonchev–Trinajstić information content (AvgIpc) is 3.20. The zero-order valence-electron chi connectivity index (χ0n) is 17.9. The van der Waals surface area contributed by atoms with Crippen molar-refractivity contribution in [3.05, 3.63) is 64.7 Å². The molecule has 0 radical (unpaired) electrons. The summed E-state index contributed by atoms with van der Waals surface area (Å²) in [6.07, 6.45) is 4.56. The number of ketones is 1. The Morgan fingerprint density at radius 3 is 2.73 bits per heavy atom. The van der Waals surface area contributed by atoms with E-state index in [0.717, 1.165) is 35.9 Å². The Morgan fingerprint density at radius 1 is 1.15 bits per heavy atom. The first kappa shape index (κ1) is 20.0. The van der Waals surface area contributed by atoms with E-state index >= 15 is 4.39 Å². The van der Waals surface area contributed by atoms with Gasteiger partial charge in [-0.25, -0.2) is 18.9 Å². The van der Waals surface area contributed by atoms with Gasteiger partial charge in [-0.05, 0) is 61.2 Å². The number of halogens is 1. The number of nitrogens with zero attached hydrogens (tertiary/aromatic N) is 3. The molecule has 1 saturated heterocycles. The molecule has 4 aromatic rings. The van der Waals surface area contributed by atoms with Gasteiger partial charge in [0.15, 0.2) is 0 Å². The molecule has 2 fully saturated rings. The number of rotatable bonds is 6. The maximum Gasteiger partial charge on any atom is 0.348 e. The van der Waals surface area contributed by atoms with Crippen molar-refractivity contribution in [2.75, 3.05) is 13.1 Å². The Bertz CT molecular complexity index is 1420. The molecule has 0 bridgehead atoms. The van der Waals surface area contributed by atoms with Crippen LogP contribution < -0.4 is 11.0 Å². The molecule has 6 rings (SSSR count). The third-order valence-electron chi connectivity index (χ3n) is 6.91. The zero-order valence-corrected chi connectivity index (χ0v) is 17.9. The van der Waals surface area contributed by atoms with Gasteiger partial charge >= 0.3 is 5.69 Å². The van der Waals surface area contributed by atoms with Crippen molar-refractivity contribution < 1.29 is 9.18 Å². The molecule has 1 saturated carbocycles. The van der Waals surface area contributed by atoms with E-state index in [1.165, 1.54) is 10.6 Å². The number of benzene rings is 2. The van der Waals surface area contributed by atoms with Gasteiger partial charge in [0.05, 0.1) is 17.4 Å². The van der Waals surface area contributed by atoms with E-state index < -0.39 is 16.9 Å². The van der Waals surface area contributed by atoms with E-state index in [9.17, 15) is 9.59 Å². The van der Waals surface area contributed by atoms with Gasteiger partial charge in [-0.2, -0.15) is 10.2 Å². The van der Waals surface area contributed by atoms with Crippen molar-refractivity contribution in [2.24, 2.45) is 11.3 Å². The van der Waals surface area contributed by atoms with Gasteiger partial charge in [-0.3, -0.25) is 9.89 Å². The van der Waals surface area contributed by atoms with Crippen LogP contribution in [0, 0.1) is 17.2 Å². The maximum atomic E-state index is 15.3. The summed E-state index contributed by atoms with van der Waals surface area (Å²) in [5.41, 5.74) is 1.45. The second-order valence-corrected chi connectivity index (χ2v) is 9.14. The van der Waals surface area contributed by atoms with Crippen LogP contribution in [-0.2, 0) is 11.2 Å². The molecule has 0 unspecified atom stereocenters. The van der Waals surface area contributed by atoms with Gasteiger partial charge in [0, 0.05) is 29.7 Å². The van der Waals surface area contributed by atoms with Crippen LogP contribution in [0.4, 0.5) is 4.39 Å². The fraction of sp³-hybridized carbons (Fsp3) is 0.333. The normalized spacial score (nSPS) is 20.5. The lowest BCUT2D eigenvalue weighted by Crippen LogP contribution is -2.38. The van der Waals surface area contributed by atoms with E-state index in [0.29, 0.717) is 30.8 Å². The van der Waals surface area contributed by atoms with Gasteiger partial charge < -0.3 is 5.32 Å². The summed E-state index contributed by atoms with van der Waals surface area (Å²) in [6, 6.07) is 10.5. The minimum Gasteiger partial charge on any atom is -0.316 e. The van der Waals surface area contributed by atoms with Crippen LogP contribution in [0.1, 0.15) is 25.1 Å². The summed E-state index contributed by atoms with van der Waals surface area (Å²) < 4.78 is 16.6. The number of fused-ring (bicyclic) bond motifs is 1. The molecule has 9 heteroatoms. The number of hydrogen-bond donors (Lipinski definition) is 3. The minimum atomic E-state index is -0.596. The van der Waals surface area contributed by atoms with Crippen LogP contribution >= 0.6 is 0 Å². The molecule has 0 amide bonds. The zero-order chi connectivity index (χ0) is 22.6. The number of carbonyl (C=O) groups excluding carboxylic acids is 1. The highest BCUT2D eigenvalue weighted by Gasteiger charge is 2.48. The second kappa shape index (κ2) is 7.48. The predicted octanol–water partition coefficient (Wildman–Crippen LogP) is 2.74. The van der Waals surface area contributed by atoms with E-state index in [4.69, 9.17) is 0 Å². The summed E-state index contributed by atoms with van der Waals surface area (Å²) in [5.74, 6) is 0.188. The highest BCUT2D eigenvalue weighted by Crippen LogP contribution is 2.42. The van der Waals surface area contributed by atoms with E-state index in [-0.39, 0.29) is 17.4 Å². The van der Waals surface area contributed by atoms with Gasteiger partial charge in [-0.15, -0.1) is 0 Å². The Balaban J connectivity index is 1.36. The Hall–Kier alpha value is -3.59. The van der Waals surface area contributed by atoms with Gasteiger partial charge in [0.2, 0.25) is 0 Å². The largest absolute Gasteiger partial charge is 0.348 e. The number of H-pyrrole nitrogens is 2. The van der Waals surface area contributed by atoms with Gasteiger partial charge in [-0.1, -0.05) is 12.1 Å². The first-order valence-corrected chi connectivity index (χ1v) is 11.2. The highest BCUT2D eigenvalue weighted by molar-refractivity contribution is 5.89. The molecule has 8 nitrogen and oxygen atoms in total. The number of Topliss-reactive ketones (excluding diaryl/α,β-unsaturated/α-hetero) is 1. The monoisotopic (exact) mass is 446 g/mol. The molecule has 0 spiro atoms.